The minimum Gasteiger partial charge on any atom is -0.404 e. The first-order chi connectivity index (χ1) is 12.9. The van der Waals surface area contributed by atoms with Gasteiger partial charge in [0.1, 0.15) is 0 Å². The van der Waals surface area contributed by atoms with Crippen molar-refractivity contribution in [2.24, 2.45) is 0 Å². The smallest absolute Gasteiger partial charge is 0.288 e. The van der Waals surface area contributed by atoms with Crippen LogP contribution in [0.15, 0.2) is 103 Å². The van der Waals surface area contributed by atoms with Gasteiger partial charge >= 0.3 is 0 Å². The van der Waals surface area contributed by atoms with Crippen molar-refractivity contribution in [1.29, 1.82) is 0 Å². The molecule has 0 fully saturated rings. The van der Waals surface area contributed by atoms with Crippen LogP contribution in [0.4, 0.5) is 0 Å². The molecule has 0 saturated heterocycles. The number of hydrogen-bond donors (Lipinski definition) is 0. The molecule has 3 aromatic carbocycles. The molecule has 0 aliphatic carbocycles. The molecule has 0 saturated carbocycles. The van der Waals surface area contributed by atoms with Crippen molar-refractivity contribution in [3.63, 3.8) is 0 Å². The van der Waals surface area contributed by atoms with Crippen LogP contribution < -0.4 is 15.6 Å². The first-order valence-corrected chi connectivity index (χ1v) is 11.2. The summed E-state index contributed by atoms with van der Waals surface area (Å²) in [6.07, 6.45) is 6.44. The van der Waals surface area contributed by atoms with E-state index in [9.17, 15) is 0 Å². The zero-order chi connectivity index (χ0) is 18.1. The Labute approximate surface area is 158 Å². The Morgan fingerprint density at radius 3 is 1.46 bits per heavy atom. The lowest BCUT2D eigenvalue weighted by atomic mass is 10.3. The third-order valence-corrected chi connectivity index (χ3v) is 8.62. The quantitative estimate of drug-likeness (QED) is 0.256. The van der Waals surface area contributed by atoms with Gasteiger partial charge in [0.15, 0.2) is 0 Å². The van der Waals surface area contributed by atoms with E-state index in [1.54, 1.807) is 0 Å². The summed E-state index contributed by atoms with van der Waals surface area (Å²) in [6, 6.07) is 32.2. The number of benzene rings is 3. The fourth-order valence-corrected chi connectivity index (χ4v) is 7.24. The highest BCUT2D eigenvalue weighted by Crippen LogP contribution is 2.10. The summed E-state index contributed by atoms with van der Waals surface area (Å²) in [6.45, 7) is 2.88. The van der Waals surface area contributed by atoms with Crippen LogP contribution in [-0.4, -0.2) is 14.9 Å². The summed E-state index contributed by atoms with van der Waals surface area (Å²) >= 11 is 0. The van der Waals surface area contributed by atoms with Gasteiger partial charge in [-0.15, -0.1) is 0 Å². The maximum atomic E-state index is 6.82. The summed E-state index contributed by atoms with van der Waals surface area (Å²) < 4.78 is 6.82. The second-order valence-electron chi connectivity index (χ2n) is 6.30. The molecule has 0 bridgehead atoms. The highest BCUT2D eigenvalue weighted by Gasteiger charge is 2.41. The second kappa shape index (κ2) is 9.32. The first kappa shape index (κ1) is 18.4. The van der Waals surface area contributed by atoms with E-state index < -0.39 is 8.32 Å². The fraction of sp³-hybridized carbons (Fsp3) is 0.167. The SMILES string of the molecule is CC/C=C/CCO[Si](c1ccccc1)(c1ccccc1)c1ccccc1. The van der Waals surface area contributed by atoms with E-state index >= 15 is 0 Å². The summed E-state index contributed by atoms with van der Waals surface area (Å²) in [7, 11) is -2.52. The molecule has 0 N–H and O–H groups in total. The van der Waals surface area contributed by atoms with E-state index in [0.29, 0.717) is 0 Å². The standard InChI is InChI=1S/C24H26OSi/c1-2-3-4-14-21-25-26(22-15-8-5-9-16-22,23-17-10-6-11-18-23)24-19-12-7-13-20-24/h3-13,15-20H,2,14,21H2,1H3/b4-3+. The van der Waals surface area contributed by atoms with Crippen molar-refractivity contribution in [3.8, 4) is 0 Å². The lowest BCUT2D eigenvalue weighted by Gasteiger charge is -2.33. The molecule has 0 aliphatic heterocycles. The lowest BCUT2D eigenvalue weighted by molar-refractivity contribution is 0.331. The zero-order valence-corrected chi connectivity index (χ0v) is 16.3. The van der Waals surface area contributed by atoms with Gasteiger partial charge in [-0.3, -0.25) is 0 Å². The minimum absolute atomic E-state index is 0.724. The monoisotopic (exact) mass is 358 g/mol. The summed E-state index contributed by atoms with van der Waals surface area (Å²) in [4.78, 5) is 0. The van der Waals surface area contributed by atoms with Gasteiger partial charge in [-0.25, -0.2) is 0 Å². The van der Waals surface area contributed by atoms with E-state index in [1.807, 2.05) is 0 Å². The Bertz CT molecular complexity index is 701. The Morgan fingerprint density at radius 1 is 0.654 bits per heavy atom. The Hall–Kier alpha value is -2.42. The van der Waals surface area contributed by atoms with Crippen LogP contribution in [0, 0.1) is 0 Å². The normalized spacial score (nSPS) is 11.7. The zero-order valence-electron chi connectivity index (χ0n) is 15.3. The molecule has 1 nitrogen and oxygen atoms in total. The summed E-state index contributed by atoms with van der Waals surface area (Å²) in [5.74, 6) is 0. The molecule has 0 spiro atoms. The van der Waals surface area contributed by atoms with E-state index in [4.69, 9.17) is 4.43 Å². The minimum atomic E-state index is -2.52. The summed E-state index contributed by atoms with van der Waals surface area (Å²) in [5, 5.41) is 3.87. The second-order valence-corrected chi connectivity index (χ2v) is 9.68. The largest absolute Gasteiger partial charge is 0.404 e. The Kier molecular flexibility index (Phi) is 6.59. The van der Waals surface area contributed by atoms with Crippen molar-refractivity contribution in [2.45, 2.75) is 19.8 Å². The molecule has 0 aromatic heterocycles. The van der Waals surface area contributed by atoms with Gasteiger partial charge in [0.25, 0.3) is 8.32 Å². The molecule has 0 radical (unpaired) electrons. The van der Waals surface area contributed by atoms with Crippen LogP contribution >= 0.6 is 0 Å². The number of rotatable bonds is 8. The maximum Gasteiger partial charge on any atom is 0.288 e. The van der Waals surface area contributed by atoms with Gasteiger partial charge in [0.05, 0.1) is 0 Å². The molecule has 0 unspecified atom stereocenters. The van der Waals surface area contributed by atoms with Gasteiger partial charge in [0.2, 0.25) is 0 Å². The average molecular weight is 359 g/mol. The highest BCUT2D eigenvalue weighted by molar-refractivity contribution is 7.07. The van der Waals surface area contributed by atoms with Crippen molar-refractivity contribution in [2.75, 3.05) is 6.61 Å². The first-order valence-electron chi connectivity index (χ1n) is 9.33. The number of allylic oxidation sites excluding steroid dienone is 1. The van der Waals surface area contributed by atoms with Gasteiger partial charge in [-0.1, -0.05) is 110 Å². The molecule has 132 valence electrons. The Morgan fingerprint density at radius 2 is 1.08 bits per heavy atom. The molecule has 0 atom stereocenters. The van der Waals surface area contributed by atoms with Crippen LogP contribution in [0.5, 0.6) is 0 Å². The van der Waals surface area contributed by atoms with Crippen molar-refractivity contribution < 1.29 is 4.43 Å². The molecule has 0 heterocycles. The topological polar surface area (TPSA) is 9.23 Å². The van der Waals surface area contributed by atoms with Gasteiger partial charge < -0.3 is 4.43 Å². The predicted octanol–water partition coefficient (Wildman–Crippen LogP) is 4.03. The number of hydrogen-bond acceptors (Lipinski definition) is 1. The fourth-order valence-electron chi connectivity index (χ4n) is 3.33. The molecule has 3 aromatic rings. The van der Waals surface area contributed by atoms with Crippen LogP contribution in [0.25, 0.3) is 0 Å². The van der Waals surface area contributed by atoms with E-state index in [-0.39, 0.29) is 0 Å². The average Bonchev–Trinajstić information content (AvgIpc) is 2.73. The molecular formula is C24H26OSi. The van der Waals surface area contributed by atoms with E-state index in [0.717, 1.165) is 19.4 Å². The summed E-state index contributed by atoms with van der Waals surface area (Å²) in [5.41, 5.74) is 0. The van der Waals surface area contributed by atoms with Crippen LogP contribution in [-0.2, 0) is 4.43 Å². The third-order valence-electron chi connectivity index (χ3n) is 4.55. The third kappa shape index (κ3) is 4.04. The Balaban J connectivity index is 2.10. The highest BCUT2D eigenvalue weighted by atomic mass is 28.4. The van der Waals surface area contributed by atoms with Crippen LogP contribution in [0.1, 0.15) is 19.8 Å². The molecule has 26 heavy (non-hydrogen) atoms. The molecule has 2 heteroatoms. The van der Waals surface area contributed by atoms with E-state index in [2.05, 4.69) is 110 Å². The maximum absolute atomic E-state index is 6.82. The van der Waals surface area contributed by atoms with Crippen LogP contribution in [0.3, 0.4) is 0 Å². The van der Waals surface area contributed by atoms with Crippen molar-refractivity contribution in [1.82, 2.24) is 0 Å². The van der Waals surface area contributed by atoms with E-state index in [1.165, 1.54) is 15.6 Å². The molecule has 3 rings (SSSR count). The van der Waals surface area contributed by atoms with Crippen LogP contribution in [0.2, 0.25) is 0 Å². The lowest BCUT2D eigenvalue weighted by Crippen LogP contribution is -2.69. The van der Waals surface area contributed by atoms with Gasteiger partial charge in [-0.2, -0.15) is 0 Å². The molecular weight excluding hydrogens is 332 g/mol. The van der Waals surface area contributed by atoms with Crippen molar-refractivity contribution >= 4 is 23.9 Å². The van der Waals surface area contributed by atoms with Gasteiger partial charge in [0, 0.05) is 6.61 Å². The predicted molar refractivity (Wildman–Crippen MR) is 114 cm³/mol. The molecule has 0 amide bonds. The van der Waals surface area contributed by atoms with Gasteiger partial charge in [-0.05, 0) is 28.4 Å². The van der Waals surface area contributed by atoms with Crippen molar-refractivity contribution in [3.05, 3.63) is 103 Å². The molecule has 0 aliphatic rings.